The van der Waals surface area contributed by atoms with Gasteiger partial charge < -0.3 is 9.67 Å². The number of nitrogens with zero attached hydrogens (tertiary/aromatic N) is 2. The minimum Gasteiger partial charge on any atom is -0.494 e. The first-order chi connectivity index (χ1) is 9.56. The Balaban J connectivity index is 2.86. The van der Waals surface area contributed by atoms with Crippen LogP contribution in [0.2, 0.25) is 0 Å². The standard InChI is InChI=1S/C14H9N3O3/c1-17-9-5-3-2-4-7(9)10-8(6-15)12(18)16-13(19)11(10)14(17)20/h2-5H,1H3,(H2,16,18,19). The molecular formula is C14H9N3O3. The van der Waals surface area contributed by atoms with E-state index in [2.05, 4.69) is 4.98 Å². The van der Waals surface area contributed by atoms with Gasteiger partial charge in [0, 0.05) is 17.8 Å². The number of rotatable bonds is 0. The second-order valence-corrected chi connectivity index (χ2v) is 4.42. The van der Waals surface area contributed by atoms with Crippen molar-refractivity contribution in [2.45, 2.75) is 0 Å². The average molecular weight is 267 g/mol. The lowest BCUT2D eigenvalue weighted by Crippen LogP contribution is -2.21. The highest BCUT2D eigenvalue weighted by atomic mass is 16.3. The molecule has 0 aliphatic rings. The van der Waals surface area contributed by atoms with E-state index in [1.807, 2.05) is 0 Å². The first-order valence-corrected chi connectivity index (χ1v) is 5.83. The Hall–Kier alpha value is -3.07. The Morgan fingerprint density at radius 3 is 2.65 bits per heavy atom. The SMILES string of the molecule is Cn1c(=O)c2c(O)[nH]c(=O)c(C#N)c2c2ccccc21. The number of aromatic nitrogens is 2. The fourth-order valence-electron chi connectivity index (χ4n) is 2.43. The Morgan fingerprint density at radius 1 is 1.25 bits per heavy atom. The topological polar surface area (TPSA) is 98.9 Å². The minimum atomic E-state index is -0.712. The Kier molecular flexibility index (Phi) is 2.38. The lowest BCUT2D eigenvalue weighted by molar-refractivity contribution is 0.458. The molecule has 0 amide bonds. The number of aryl methyl sites for hydroxylation is 1. The van der Waals surface area contributed by atoms with E-state index in [1.54, 1.807) is 37.4 Å². The second kappa shape index (κ2) is 3.96. The average Bonchev–Trinajstić information content (AvgIpc) is 2.44. The van der Waals surface area contributed by atoms with Crippen molar-refractivity contribution < 1.29 is 5.11 Å². The van der Waals surface area contributed by atoms with Crippen LogP contribution in [0.5, 0.6) is 5.88 Å². The molecule has 0 atom stereocenters. The van der Waals surface area contributed by atoms with E-state index >= 15 is 0 Å². The van der Waals surface area contributed by atoms with Crippen molar-refractivity contribution >= 4 is 21.7 Å². The number of hydrogen-bond acceptors (Lipinski definition) is 4. The molecule has 3 aromatic rings. The van der Waals surface area contributed by atoms with Gasteiger partial charge in [0.2, 0.25) is 5.88 Å². The molecular weight excluding hydrogens is 258 g/mol. The van der Waals surface area contributed by atoms with Crippen molar-refractivity contribution in [3.63, 3.8) is 0 Å². The normalized spacial score (nSPS) is 10.8. The summed E-state index contributed by atoms with van der Waals surface area (Å²) in [5.41, 5.74) is -0.766. The number of hydrogen-bond donors (Lipinski definition) is 2. The second-order valence-electron chi connectivity index (χ2n) is 4.42. The van der Waals surface area contributed by atoms with Gasteiger partial charge in [-0.25, -0.2) is 0 Å². The van der Waals surface area contributed by atoms with Crippen molar-refractivity contribution in [2.75, 3.05) is 0 Å². The van der Waals surface area contributed by atoms with Gasteiger partial charge in [0.05, 0.1) is 5.52 Å². The van der Waals surface area contributed by atoms with Crippen molar-refractivity contribution in [3.8, 4) is 11.9 Å². The first-order valence-electron chi connectivity index (χ1n) is 5.83. The number of aromatic hydroxyl groups is 1. The van der Waals surface area contributed by atoms with E-state index < -0.39 is 17.0 Å². The van der Waals surface area contributed by atoms with E-state index in [0.717, 1.165) is 0 Å². The quantitative estimate of drug-likeness (QED) is 0.592. The van der Waals surface area contributed by atoms with Gasteiger partial charge in [-0.15, -0.1) is 0 Å². The maximum atomic E-state index is 12.3. The van der Waals surface area contributed by atoms with Crippen molar-refractivity contribution in [1.82, 2.24) is 9.55 Å². The summed E-state index contributed by atoms with van der Waals surface area (Å²) in [5, 5.41) is 19.7. The summed E-state index contributed by atoms with van der Waals surface area (Å²) in [5.74, 6) is -0.518. The molecule has 0 fully saturated rings. The van der Waals surface area contributed by atoms with Crippen LogP contribution in [0.1, 0.15) is 5.56 Å². The number of nitriles is 1. The number of nitrogens with one attached hydrogen (secondary N) is 1. The van der Waals surface area contributed by atoms with Crippen LogP contribution in [0.3, 0.4) is 0 Å². The zero-order chi connectivity index (χ0) is 14.4. The van der Waals surface area contributed by atoms with Crippen LogP contribution in [0, 0.1) is 11.3 Å². The zero-order valence-electron chi connectivity index (χ0n) is 10.5. The molecule has 0 bridgehead atoms. The number of fused-ring (bicyclic) bond motifs is 3. The van der Waals surface area contributed by atoms with Gasteiger partial charge in [-0.2, -0.15) is 5.26 Å². The Bertz CT molecular complexity index is 1020. The summed E-state index contributed by atoms with van der Waals surface area (Å²) >= 11 is 0. The van der Waals surface area contributed by atoms with Crippen molar-refractivity contribution in [3.05, 3.63) is 50.5 Å². The third kappa shape index (κ3) is 1.37. The molecule has 0 saturated carbocycles. The third-order valence-electron chi connectivity index (χ3n) is 3.36. The van der Waals surface area contributed by atoms with E-state index in [-0.39, 0.29) is 16.3 Å². The largest absolute Gasteiger partial charge is 0.494 e. The zero-order valence-corrected chi connectivity index (χ0v) is 10.5. The van der Waals surface area contributed by atoms with Gasteiger partial charge >= 0.3 is 0 Å². The summed E-state index contributed by atoms with van der Waals surface area (Å²) in [6, 6.07) is 8.72. The van der Waals surface area contributed by atoms with E-state index in [1.165, 1.54) is 4.57 Å². The maximum absolute atomic E-state index is 12.3. The first kappa shape index (κ1) is 12.0. The Morgan fingerprint density at radius 2 is 1.95 bits per heavy atom. The lowest BCUT2D eigenvalue weighted by Gasteiger charge is -2.10. The number of benzene rings is 1. The predicted molar refractivity (Wildman–Crippen MR) is 73.7 cm³/mol. The van der Waals surface area contributed by atoms with Crippen LogP contribution in [-0.2, 0) is 7.05 Å². The highest BCUT2D eigenvalue weighted by Crippen LogP contribution is 2.27. The van der Waals surface area contributed by atoms with Crippen LogP contribution in [0.15, 0.2) is 33.9 Å². The molecule has 6 nitrogen and oxygen atoms in total. The fourth-order valence-corrected chi connectivity index (χ4v) is 2.43. The number of pyridine rings is 2. The van der Waals surface area contributed by atoms with Gasteiger partial charge in [-0.3, -0.25) is 14.6 Å². The van der Waals surface area contributed by atoms with Crippen LogP contribution in [0.4, 0.5) is 0 Å². The molecule has 6 heteroatoms. The molecule has 0 aliphatic heterocycles. The maximum Gasteiger partial charge on any atom is 0.269 e. The van der Waals surface area contributed by atoms with Crippen LogP contribution in [0.25, 0.3) is 21.7 Å². The Labute approximate surface area is 112 Å². The molecule has 2 N–H and O–H groups in total. The third-order valence-corrected chi connectivity index (χ3v) is 3.36. The molecule has 1 aromatic carbocycles. The van der Waals surface area contributed by atoms with Gasteiger partial charge in [0.25, 0.3) is 11.1 Å². The van der Waals surface area contributed by atoms with Crippen molar-refractivity contribution in [2.24, 2.45) is 7.05 Å². The van der Waals surface area contributed by atoms with Crippen LogP contribution >= 0.6 is 0 Å². The molecule has 2 aromatic heterocycles. The molecule has 0 saturated heterocycles. The number of para-hydroxylation sites is 1. The number of H-pyrrole nitrogens is 1. The van der Waals surface area contributed by atoms with Gasteiger partial charge in [0.15, 0.2) is 0 Å². The molecule has 0 aliphatic carbocycles. The molecule has 98 valence electrons. The molecule has 3 rings (SSSR count). The smallest absolute Gasteiger partial charge is 0.269 e. The molecule has 0 unspecified atom stereocenters. The van der Waals surface area contributed by atoms with Crippen LogP contribution in [-0.4, -0.2) is 14.7 Å². The van der Waals surface area contributed by atoms with Gasteiger partial charge in [-0.05, 0) is 6.07 Å². The van der Waals surface area contributed by atoms with Crippen molar-refractivity contribution in [1.29, 1.82) is 5.26 Å². The molecule has 0 spiro atoms. The molecule has 0 radical (unpaired) electrons. The summed E-state index contributed by atoms with van der Waals surface area (Å²) in [6.45, 7) is 0. The monoisotopic (exact) mass is 267 g/mol. The van der Waals surface area contributed by atoms with E-state index in [4.69, 9.17) is 5.26 Å². The summed E-state index contributed by atoms with van der Waals surface area (Å²) in [7, 11) is 1.57. The van der Waals surface area contributed by atoms with Gasteiger partial charge in [0.1, 0.15) is 17.0 Å². The fraction of sp³-hybridized carbons (Fsp3) is 0.0714. The summed E-state index contributed by atoms with van der Waals surface area (Å²) < 4.78 is 1.37. The predicted octanol–water partition coefficient (Wildman–Crippen LogP) is 0.957. The summed E-state index contributed by atoms with van der Waals surface area (Å²) in [6.07, 6.45) is 0. The minimum absolute atomic E-state index is 0.0534. The van der Waals surface area contributed by atoms with E-state index in [9.17, 15) is 14.7 Å². The summed E-state index contributed by atoms with van der Waals surface area (Å²) in [4.78, 5) is 26.2. The van der Waals surface area contributed by atoms with E-state index in [0.29, 0.717) is 10.9 Å². The lowest BCUT2D eigenvalue weighted by atomic mass is 10.0. The van der Waals surface area contributed by atoms with Crippen LogP contribution < -0.4 is 11.1 Å². The highest BCUT2D eigenvalue weighted by molar-refractivity contribution is 6.09. The molecule has 2 heterocycles. The molecule has 20 heavy (non-hydrogen) atoms. The van der Waals surface area contributed by atoms with Gasteiger partial charge in [-0.1, -0.05) is 18.2 Å². The highest BCUT2D eigenvalue weighted by Gasteiger charge is 2.18. The number of aromatic amines is 1.